The third-order valence-corrected chi connectivity index (χ3v) is 1.22. The van der Waals surface area contributed by atoms with Gasteiger partial charge in [0, 0.05) is 6.16 Å². The summed E-state index contributed by atoms with van der Waals surface area (Å²) in [5.41, 5.74) is 0. The van der Waals surface area contributed by atoms with E-state index in [9.17, 15) is 4.57 Å². The van der Waals surface area contributed by atoms with Crippen LogP contribution in [0.5, 0.6) is 0 Å². The quantitative estimate of drug-likeness (QED) is 0.342. The molecule has 6 heavy (non-hydrogen) atoms. The number of hydrogen-bond acceptors (Lipinski definition) is 2. The molecule has 0 fully saturated rings. The fourth-order valence-corrected chi connectivity index (χ4v) is 0.830. The van der Waals surface area contributed by atoms with E-state index in [1.807, 2.05) is 0 Å². The third-order valence-electron chi connectivity index (χ3n) is 0.408. The molecule has 0 spiro atoms. The lowest BCUT2D eigenvalue weighted by Gasteiger charge is -1.77. The van der Waals surface area contributed by atoms with Gasteiger partial charge in [-0.05, 0) is 12.2 Å². The van der Waals surface area contributed by atoms with Crippen LogP contribution in [0.1, 0.15) is 6.42 Å². The van der Waals surface area contributed by atoms with Crippen LogP contribution in [0.3, 0.4) is 0 Å². The summed E-state index contributed by atoms with van der Waals surface area (Å²) in [6.07, 6.45) is 1.71. The van der Waals surface area contributed by atoms with Crippen LogP contribution in [-0.4, -0.2) is 11.9 Å². The minimum Gasteiger partial charge on any atom is -0.275 e. The van der Waals surface area contributed by atoms with Gasteiger partial charge in [0.05, 0.1) is 0 Å². The van der Waals surface area contributed by atoms with E-state index < -0.39 is 0 Å². The van der Waals surface area contributed by atoms with Crippen LogP contribution in [-0.2, 0) is 4.57 Å². The number of rotatable bonds is 3. The molecule has 0 bridgehead atoms. The van der Waals surface area contributed by atoms with E-state index in [-0.39, 0.29) is 8.46 Å². The Morgan fingerprint density at radius 1 is 1.67 bits per heavy atom. The zero-order valence-electron chi connectivity index (χ0n) is 3.42. The van der Waals surface area contributed by atoms with Crippen molar-refractivity contribution in [1.29, 1.82) is 0 Å². The highest BCUT2D eigenvalue weighted by molar-refractivity contribution is 7.80. The van der Waals surface area contributed by atoms with E-state index in [0.717, 1.165) is 18.3 Å². The lowest BCUT2D eigenvalue weighted by atomic mass is 10.6. The normalized spacial score (nSPS) is 9.50. The van der Waals surface area contributed by atoms with Crippen molar-refractivity contribution < 1.29 is 4.57 Å². The van der Waals surface area contributed by atoms with Crippen LogP contribution >= 0.6 is 21.1 Å². The maximum absolute atomic E-state index is 9.63. The summed E-state index contributed by atoms with van der Waals surface area (Å²) in [7, 11) is 0.247. The molecule has 36 valence electrons. The highest BCUT2D eigenvalue weighted by Gasteiger charge is 1.76. The van der Waals surface area contributed by atoms with E-state index in [1.165, 1.54) is 0 Å². The van der Waals surface area contributed by atoms with Crippen LogP contribution in [0.2, 0.25) is 0 Å². The van der Waals surface area contributed by atoms with Crippen molar-refractivity contribution in [2.45, 2.75) is 6.42 Å². The molecule has 0 heterocycles. The van der Waals surface area contributed by atoms with Gasteiger partial charge in [0.25, 0.3) is 0 Å². The molecule has 0 atom stereocenters. The molecule has 0 amide bonds. The largest absolute Gasteiger partial charge is 0.275 e. The van der Waals surface area contributed by atoms with Crippen molar-refractivity contribution >= 4 is 21.1 Å². The Labute approximate surface area is 44.7 Å². The summed E-state index contributed by atoms with van der Waals surface area (Å²) in [6, 6.07) is 0. The Balaban J connectivity index is 2.49. The topological polar surface area (TPSA) is 17.1 Å². The van der Waals surface area contributed by atoms with Crippen LogP contribution in [0.25, 0.3) is 0 Å². The monoisotopic (exact) mass is 122 g/mol. The highest BCUT2D eigenvalue weighted by Crippen LogP contribution is 1.94. The molecule has 0 aliphatic carbocycles. The first-order valence-electron chi connectivity index (χ1n) is 1.82. The standard InChI is InChI=1S/C3H7OPS/c4-5-2-1-3-6/h6H,1-3H2. The summed E-state index contributed by atoms with van der Waals surface area (Å²) in [6.45, 7) is 0. The van der Waals surface area contributed by atoms with Gasteiger partial charge in [-0.2, -0.15) is 12.6 Å². The van der Waals surface area contributed by atoms with Gasteiger partial charge in [0.2, 0.25) is 0 Å². The fourth-order valence-electron chi connectivity index (χ4n) is 0.135. The van der Waals surface area contributed by atoms with E-state index in [4.69, 9.17) is 0 Å². The predicted molar refractivity (Wildman–Crippen MR) is 30.9 cm³/mol. The van der Waals surface area contributed by atoms with Crippen LogP contribution in [0.15, 0.2) is 0 Å². The average molecular weight is 122 g/mol. The van der Waals surface area contributed by atoms with Crippen molar-refractivity contribution in [3.63, 3.8) is 0 Å². The minimum atomic E-state index is 0.247. The number of thiol groups is 1. The van der Waals surface area contributed by atoms with Gasteiger partial charge in [0.15, 0.2) is 8.46 Å². The van der Waals surface area contributed by atoms with E-state index in [0.29, 0.717) is 0 Å². The van der Waals surface area contributed by atoms with Crippen molar-refractivity contribution in [3.8, 4) is 0 Å². The Kier molecular flexibility index (Phi) is 5.86. The molecule has 0 rings (SSSR count). The predicted octanol–water partition coefficient (Wildman–Crippen LogP) is 1.60. The van der Waals surface area contributed by atoms with Gasteiger partial charge in [-0.15, -0.1) is 0 Å². The van der Waals surface area contributed by atoms with Crippen LogP contribution in [0, 0.1) is 0 Å². The first kappa shape index (κ1) is 6.45. The molecule has 0 N–H and O–H groups in total. The Morgan fingerprint density at radius 2 is 2.33 bits per heavy atom. The van der Waals surface area contributed by atoms with E-state index in [1.54, 1.807) is 0 Å². The van der Waals surface area contributed by atoms with Gasteiger partial charge in [0.1, 0.15) is 0 Å². The molecule has 0 aromatic rings. The molecule has 0 aliphatic heterocycles. The third kappa shape index (κ3) is 4.45. The second-order valence-corrected chi connectivity index (χ2v) is 2.08. The van der Waals surface area contributed by atoms with Gasteiger partial charge in [-0.25, -0.2) is 0 Å². The molecule has 0 unspecified atom stereocenters. The van der Waals surface area contributed by atoms with Crippen LogP contribution in [0.4, 0.5) is 0 Å². The number of hydrogen-bond donors (Lipinski definition) is 1. The molecule has 3 heteroatoms. The molecule has 0 aromatic carbocycles. The summed E-state index contributed by atoms with van der Waals surface area (Å²) in [4.78, 5) is 0. The Hall–Kier alpha value is 0.450. The lowest BCUT2D eigenvalue weighted by Crippen LogP contribution is -1.71. The minimum absolute atomic E-state index is 0.247. The summed E-state index contributed by atoms with van der Waals surface area (Å²) < 4.78 is 9.63. The molecular formula is C3H7OPS. The maximum atomic E-state index is 9.63. The van der Waals surface area contributed by atoms with E-state index in [2.05, 4.69) is 12.6 Å². The average Bonchev–Trinajstić information content (AvgIpc) is 1.61. The SMILES string of the molecule is O=PCCCS. The lowest BCUT2D eigenvalue weighted by molar-refractivity contribution is 0.598. The fraction of sp³-hybridized carbons (Fsp3) is 1.00. The molecule has 0 radical (unpaired) electrons. The molecule has 0 saturated heterocycles. The van der Waals surface area contributed by atoms with Crippen molar-refractivity contribution in [2.24, 2.45) is 0 Å². The smallest absolute Gasteiger partial charge is 0.155 e. The van der Waals surface area contributed by atoms with Gasteiger partial charge in [-0.3, -0.25) is 4.57 Å². The van der Waals surface area contributed by atoms with Crippen molar-refractivity contribution in [2.75, 3.05) is 11.9 Å². The molecular weight excluding hydrogens is 115 g/mol. The summed E-state index contributed by atoms with van der Waals surface area (Å²) in [5.74, 6) is 0.842. The molecule has 0 saturated carbocycles. The zero-order chi connectivity index (χ0) is 4.83. The Bertz CT molecular complexity index is 39.8. The first-order chi connectivity index (χ1) is 2.91. The molecule has 0 aliphatic rings. The first-order valence-corrected chi connectivity index (χ1v) is 3.45. The van der Waals surface area contributed by atoms with Gasteiger partial charge in [-0.1, -0.05) is 0 Å². The highest BCUT2D eigenvalue weighted by atomic mass is 32.1. The zero-order valence-corrected chi connectivity index (χ0v) is 5.21. The molecule has 0 aromatic heterocycles. The molecule has 1 nitrogen and oxygen atoms in total. The van der Waals surface area contributed by atoms with Crippen LogP contribution < -0.4 is 0 Å². The Morgan fingerprint density at radius 3 is 2.50 bits per heavy atom. The summed E-state index contributed by atoms with van der Waals surface area (Å²) in [5, 5.41) is 0. The summed E-state index contributed by atoms with van der Waals surface area (Å²) >= 11 is 3.91. The van der Waals surface area contributed by atoms with Crippen molar-refractivity contribution in [3.05, 3.63) is 0 Å². The maximum Gasteiger partial charge on any atom is 0.155 e. The van der Waals surface area contributed by atoms with Crippen molar-refractivity contribution in [1.82, 2.24) is 0 Å². The van der Waals surface area contributed by atoms with E-state index >= 15 is 0 Å². The second-order valence-electron chi connectivity index (χ2n) is 0.930. The second kappa shape index (κ2) is 5.45. The van der Waals surface area contributed by atoms with Gasteiger partial charge >= 0.3 is 0 Å². The van der Waals surface area contributed by atoms with Gasteiger partial charge < -0.3 is 0 Å².